The Morgan fingerprint density at radius 1 is 1.19 bits per heavy atom. The van der Waals surface area contributed by atoms with E-state index in [4.69, 9.17) is 4.99 Å². The van der Waals surface area contributed by atoms with Gasteiger partial charge in [-0.3, -0.25) is 4.99 Å². The van der Waals surface area contributed by atoms with Crippen LogP contribution in [-0.2, 0) is 0 Å². The summed E-state index contributed by atoms with van der Waals surface area (Å²) in [5.74, 6) is 2.42. The number of likely N-dealkylation sites (tertiary alicyclic amines) is 1. The molecule has 1 saturated heterocycles. The lowest BCUT2D eigenvalue weighted by Gasteiger charge is -2.35. The highest BCUT2D eigenvalue weighted by Crippen LogP contribution is 2.47. The van der Waals surface area contributed by atoms with Crippen molar-refractivity contribution in [1.29, 1.82) is 0 Å². The van der Waals surface area contributed by atoms with Crippen molar-refractivity contribution in [2.75, 3.05) is 26.2 Å². The molecule has 2 N–H and O–H groups in total. The first kappa shape index (κ1) is 21.5. The Kier molecular flexibility index (Phi) is 8.67. The van der Waals surface area contributed by atoms with Crippen molar-refractivity contribution in [3.8, 4) is 0 Å². The molecular formula is C21H35IN4. The number of hydrogen-bond acceptors (Lipinski definition) is 2. The van der Waals surface area contributed by atoms with Gasteiger partial charge in [0.2, 0.25) is 0 Å². The molecule has 2 fully saturated rings. The van der Waals surface area contributed by atoms with Crippen molar-refractivity contribution in [3.63, 3.8) is 0 Å². The summed E-state index contributed by atoms with van der Waals surface area (Å²) >= 11 is 0. The lowest BCUT2D eigenvalue weighted by molar-refractivity contribution is 0.167. The van der Waals surface area contributed by atoms with Crippen molar-refractivity contribution in [3.05, 3.63) is 35.9 Å². The number of guanidine groups is 1. The van der Waals surface area contributed by atoms with Crippen LogP contribution >= 0.6 is 24.0 Å². The predicted molar refractivity (Wildman–Crippen MR) is 122 cm³/mol. The van der Waals surface area contributed by atoms with Gasteiger partial charge in [-0.05, 0) is 57.4 Å². The van der Waals surface area contributed by atoms with Crippen molar-refractivity contribution in [1.82, 2.24) is 15.5 Å². The van der Waals surface area contributed by atoms with E-state index in [9.17, 15) is 0 Å². The third-order valence-electron chi connectivity index (χ3n) is 5.58. The zero-order chi connectivity index (χ0) is 17.6. The molecular weight excluding hydrogens is 435 g/mol. The van der Waals surface area contributed by atoms with Gasteiger partial charge in [-0.25, -0.2) is 0 Å². The van der Waals surface area contributed by atoms with E-state index in [-0.39, 0.29) is 24.0 Å². The maximum absolute atomic E-state index is 4.88. The average Bonchev–Trinajstić information content (AvgIpc) is 3.41. The van der Waals surface area contributed by atoms with E-state index in [1.165, 1.54) is 37.9 Å². The summed E-state index contributed by atoms with van der Waals surface area (Å²) in [6, 6.07) is 12.1. The topological polar surface area (TPSA) is 39.7 Å². The van der Waals surface area contributed by atoms with Crippen LogP contribution in [0.4, 0.5) is 0 Å². The Labute approximate surface area is 176 Å². The second kappa shape index (κ2) is 10.5. The molecule has 4 nitrogen and oxygen atoms in total. The Bertz CT molecular complexity index is 552. The fourth-order valence-electron chi connectivity index (χ4n) is 3.84. The lowest BCUT2D eigenvalue weighted by atomic mass is 10.0. The van der Waals surface area contributed by atoms with Gasteiger partial charge in [0.15, 0.2) is 5.96 Å². The maximum atomic E-state index is 4.88. The number of piperidine rings is 1. The van der Waals surface area contributed by atoms with Gasteiger partial charge in [0.1, 0.15) is 0 Å². The molecule has 1 aromatic carbocycles. The Hall–Kier alpha value is -0.820. The normalized spacial score (nSPS) is 24.2. The van der Waals surface area contributed by atoms with Crippen LogP contribution < -0.4 is 10.6 Å². The fraction of sp³-hybridized carbons (Fsp3) is 0.667. The molecule has 0 radical (unpaired) electrons. The summed E-state index contributed by atoms with van der Waals surface area (Å²) in [6.45, 7) is 10.9. The number of benzene rings is 1. The van der Waals surface area contributed by atoms with Gasteiger partial charge in [-0.15, -0.1) is 24.0 Å². The molecule has 1 saturated carbocycles. The molecule has 1 aromatic rings. The van der Waals surface area contributed by atoms with Crippen LogP contribution in [-0.4, -0.2) is 49.1 Å². The quantitative estimate of drug-likeness (QED) is 0.377. The summed E-state index contributed by atoms with van der Waals surface area (Å²) < 4.78 is 0. The highest BCUT2D eigenvalue weighted by Gasteiger charge is 2.37. The molecule has 0 bridgehead atoms. The second-order valence-corrected chi connectivity index (χ2v) is 7.78. The Balaban J connectivity index is 0.00000243. The SMILES string of the molecule is CCNC(=NCC1CC1c1ccccc1)NC1CCN(C(C)C)CC1.I. The molecule has 26 heavy (non-hydrogen) atoms. The molecule has 2 unspecified atom stereocenters. The molecule has 1 aliphatic carbocycles. The van der Waals surface area contributed by atoms with Gasteiger partial charge in [0, 0.05) is 38.3 Å². The van der Waals surface area contributed by atoms with Crippen LogP contribution in [0.25, 0.3) is 0 Å². The monoisotopic (exact) mass is 470 g/mol. The predicted octanol–water partition coefficient (Wildman–Crippen LogP) is 3.84. The van der Waals surface area contributed by atoms with E-state index in [1.807, 2.05) is 0 Å². The van der Waals surface area contributed by atoms with Crippen LogP contribution in [0.1, 0.15) is 51.5 Å². The second-order valence-electron chi connectivity index (χ2n) is 7.78. The van der Waals surface area contributed by atoms with Gasteiger partial charge >= 0.3 is 0 Å². The lowest BCUT2D eigenvalue weighted by Crippen LogP contribution is -2.49. The van der Waals surface area contributed by atoms with Gasteiger partial charge in [-0.1, -0.05) is 30.3 Å². The van der Waals surface area contributed by atoms with E-state index >= 15 is 0 Å². The number of halogens is 1. The first-order chi connectivity index (χ1) is 12.2. The molecule has 1 heterocycles. The number of nitrogens with zero attached hydrogens (tertiary/aromatic N) is 2. The smallest absolute Gasteiger partial charge is 0.191 e. The molecule has 0 spiro atoms. The molecule has 3 rings (SSSR count). The minimum absolute atomic E-state index is 0. The van der Waals surface area contributed by atoms with Crippen molar-refractivity contribution < 1.29 is 0 Å². The van der Waals surface area contributed by atoms with E-state index < -0.39 is 0 Å². The Morgan fingerprint density at radius 3 is 2.50 bits per heavy atom. The fourth-order valence-corrected chi connectivity index (χ4v) is 3.84. The highest BCUT2D eigenvalue weighted by molar-refractivity contribution is 14.0. The van der Waals surface area contributed by atoms with Gasteiger partial charge in [-0.2, -0.15) is 0 Å². The molecule has 0 amide bonds. The van der Waals surface area contributed by atoms with Crippen molar-refractivity contribution in [2.24, 2.45) is 10.9 Å². The number of hydrogen-bond donors (Lipinski definition) is 2. The summed E-state index contributed by atoms with van der Waals surface area (Å²) in [7, 11) is 0. The Morgan fingerprint density at radius 2 is 1.88 bits per heavy atom. The van der Waals surface area contributed by atoms with Crippen molar-refractivity contribution in [2.45, 2.75) is 58.0 Å². The van der Waals surface area contributed by atoms with E-state index in [1.54, 1.807) is 0 Å². The third-order valence-corrected chi connectivity index (χ3v) is 5.58. The minimum atomic E-state index is 0. The van der Waals surface area contributed by atoms with Gasteiger partial charge in [0.25, 0.3) is 0 Å². The number of rotatable bonds is 6. The number of nitrogens with one attached hydrogen (secondary N) is 2. The largest absolute Gasteiger partial charge is 0.357 e. The maximum Gasteiger partial charge on any atom is 0.191 e. The molecule has 1 aliphatic heterocycles. The van der Waals surface area contributed by atoms with Crippen LogP contribution in [0.3, 0.4) is 0 Å². The average molecular weight is 470 g/mol. The van der Waals surface area contributed by atoms with Crippen molar-refractivity contribution >= 4 is 29.9 Å². The van der Waals surface area contributed by atoms with Gasteiger partial charge < -0.3 is 15.5 Å². The van der Waals surface area contributed by atoms with E-state index in [2.05, 4.69) is 66.6 Å². The minimum Gasteiger partial charge on any atom is -0.357 e. The van der Waals surface area contributed by atoms with Gasteiger partial charge in [0.05, 0.1) is 0 Å². The highest BCUT2D eigenvalue weighted by atomic mass is 127. The summed E-state index contributed by atoms with van der Waals surface area (Å²) in [6.07, 6.45) is 3.69. The van der Waals surface area contributed by atoms with Crippen LogP contribution in [0.5, 0.6) is 0 Å². The summed E-state index contributed by atoms with van der Waals surface area (Å²) in [5, 5.41) is 7.09. The molecule has 2 aliphatic rings. The molecule has 2 atom stereocenters. The third kappa shape index (κ3) is 6.12. The first-order valence-corrected chi connectivity index (χ1v) is 10.0. The zero-order valence-electron chi connectivity index (χ0n) is 16.4. The van der Waals surface area contributed by atoms with Crippen LogP contribution in [0.15, 0.2) is 35.3 Å². The first-order valence-electron chi connectivity index (χ1n) is 10.0. The summed E-state index contributed by atoms with van der Waals surface area (Å²) in [4.78, 5) is 7.45. The van der Waals surface area contributed by atoms with Crippen LogP contribution in [0.2, 0.25) is 0 Å². The molecule has 146 valence electrons. The van der Waals surface area contributed by atoms with Crippen LogP contribution in [0, 0.1) is 5.92 Å². The number of aliphatic imine (C=N–C) groups is 1. The standard InChI is InChI=1S/C21H34N4.HI/c1-4-22-21(24-19-10-12-25(13-11-19)16(2)3)23-15-18-14-20(18)17-8-6-5-7-9-17;/h5-9,16,18-20H,4,10-15H2,1-3H3,(H2,22,23,24);1H. The molecule has 5 heteroatoms. The molecule has 0 aromatic heterocycles. The summed E-state index contributed by atoms with van der Waals surface area (Å²) in [5.41, 5.74) is 1.47. The van der Waals surface area contributed by atoms with E-state index in [0.717, 1.165) is 19.0 Å². The zero-order valence-corrected chi connectivity index (χ0v) is 18.8. The van der Waals surface area contributed by atoms with E-state index in [0.29, 0.717) is 23.9 Å².